The standard InChI is InChI=1S/C14H13FN2O/c1-10-12(9-17(2)16-10)5-8-14(18)11-3-6-13(15)7-4-11/h3-9H,1-2H3. The van der Waals surface area contributed by atoms with Gasteiger partial charge in [0.25, 0.3) is 0 Å². The molecule has 2 rings (SSSR count). The highest BCUT2D eigenvalue weighted by Gasteiger charge is 2.03. The number of ketones is 1. The topological polar surface area (TPSA) is 34.9 Å². The molecule has 0 N–H and O–H groups in total. The number of benzene rings is 1. The van der Waals surface area contributed by atoms with E-state index in [2.05, 4.69) is 5.10 Å². The average Bonchev–Trinajstić information content (AvgIpc) is 2.66. The molecular formula is C14H13FN2O. The van der Waals surface area contributed by atoms with Crippen LogP contribution in [0, 0.1) is 12.7 Å². The summed E-state index contributed by atoms with van der Waals surface area (Å²) >= 11 is 0. The minimum absolute atomic E-state index is 0.154. The highest BCUT2D eigenvalue weighted by Crippen LogP contribution is 2.09. The van der Waals surface area contributed by atoms with Crippen LogP contribution in [0.5, 0.6) is 0 Å². The molecule has 0 atom stereocenters. The molecule has 3 nitrogen and oxygen atoms in total. The summed E-state index contributed by atoms with van der Waals surface area (Å²) < 4.78 is 14.4. The monoisotopic (exact) mass is 244 g/mol. The van der Waals surface area contributed by atoms with Gasteiger partial charge in [0.15, 0.2) is 5.78 Å². The lowest BCUT2D eigenvalue weighted by atomic mass is 10.1. The van der Waals surface area contributed by atoms with Crippen molar-refractivity contribution in [3.63, 3.8) is 0 Å². The quantitative estimate of drug-likeness (QED) is 0.614. The largest absolute Gasteiger partial charge is 0.289 e. The van der Waals surface area contributed by atoms with Gasteiger partial charge < -0.3 is 0 Å². The smallest absolute Gasteiger partial charge is 0.185 e. The maximum absolute atomic E-state index is 12.7. The van der Waals surface area contributed by atoms with Gasteiger partial charge in [-0.15, -0.1) is 0 Å². The van der Waals surface area contributed by atoms with E-state index in [0.717, 1.165) is 11.3 Å². The zero-order valence-corrected chi connectivity index (χ0v) is 10.2. The zero-order chi connectivity index (χ0) is 13.1. The van der Waals surface area contributed by atoms with E-state index in [-0.39, 0.29) is 11.6 Å². The number of aromatic nitrogens is 2. The Morgan fingerprint density at radius 2 is 2.00 bits per heavy atom. The highest BCUT2D eigenvalue weighted by atomic mass is 19.1. The lowest BCUT2D eigenvalue weighted by Gasteiger charge is -1.95. The zero-order valence-electron chi connectivity index (χ0n) is 10.2. The van der Waals surface area contributed by atoms with Crippen LogP contribution in [0.25, 0.3) is 6.08 Å². The van der Waals surface area contributed by atoms with Gasteiger partial charge in [-0.25, -0.2) is 4.39 Å². The third-order valence-electron chi connectivity index (χ3n) is 2.59. The van der Waals surface area contributed by atoms with Crippen LogP contribution in [-0.2, 0) is 7.05 Å². The van der Waals surface area contributed by atoms with E-state index in [9.17, 15) is 9.18 Å². The molecule has 0 radical (unpaired) electrons. The molecule has 0 aliphatic heterocycles. The number of carbonyl (C=O) groups is 1. The molecule has 4 heteroatoms. The molecule has 1 aromatic heterocycles. The van der Waals surface area contributed by atoms with Gasteiger partial charge in [-0.05, 0) is 43.3 Å². The minimum atomic E-state index is -0.348. The lowest BCUT2D eigenvalue weighted by Crippen LogP contribution is -1.93. The van der Waals surface area contributed by atoms with Crippen LogP contribution in [0.15, 0.2) is 36.5 Å². The number of carbonyl (C=O) groups excluding carboxylic acids is 1. The first-order valence-electron chi connectivity index (χ1n) is 5.54. The Morgan fingerprint density at radius 1 is 1.33 bits per heavy atom. The van der Waals surface area contributed by atoms with Crippen molar-refractivity contribution in [1.29, 1.82) is 0 Å². The van der Waals surface area contributed by atoms with Crippen molar-refractivity contribution in [2.45, 2.75) is 6.92 Å². The Kier molecular flexibility index (Phi) is 3.37. The molecule has 0 aliphatic rings. The summed E-state index contributed by atoms with van der Waals surface area (Å²) in [5.74, 6) is -0.503. The van der Waals surface area contributed by atoms with E-state index in [0.29, 0.717) is 5.56 Å². The third kappa shape index (κ3) is 2.71. The van der Waals surface area contributed by atoms with Gasteiger partial charge in [-0.3, -0.25) is 9.48 Å². The van der Waals surface area contributed by atoms with E-state index in [1.807, 2.05) is 20.2 Å². The minimum Gasteiger partial charge on any atom is -0.289 e. The van der Waals surface area contributed by atoms with E-state index in [1.54, 1.807) is 10.8 Å². The molecule has 0 aliphatic carbocycles. The number of halogens is 1. The Hall–Kier alpha value is -2.23. The van der Waals surface area contributed by atoms with Crippen molar-refractivity contribution in [2.24, 2.45) is 7.05 Å². The molecule has 1 heterocycles. The molecule has 1 aromatic carbocycles. The van der Waals surface area contributed by atoms with Gasteiger partial charge in [0.1, 0.15) is 5.82 Å². The maximum Gasteiger partial charge on any atom is 0.185 e. The Bertz CT molecular complexity index is 597. The fourth-order valence-corrected chi connectivity index (χ4v) is 1.66. The predicted octanol–water partition coefficient (Wildman–Crippen LogP) is 2.76. The van der Waals surface area contributed by atoms with Crippen molar-refractivity contribution in [2.75, 3.05) is 0 Å². The lowest BCUT2D eigenvalue weighted by molar-refractivity contribution is 0.104. The predicted molar refractivity (Wildman–Crippen MR) is 67.7 cm³/mol. The van der Waals surface area contributed by atoms with E-state index in [4.69, 9.17) is 0 Å². The number of hydrogen-bond acceptors (Lipinski definition) is 2. The first-order chi connectivity index (χ1) is 8.56. The van der Waals surface area contributed by atoms with Gasteiger partial charge in [0.05, 0.1) is 5.69 Å². The SMILES string of the molecule is Cc1nn(C)cc1C=CC(=O)c1ccc(F)cc1. The van der Waals surface area contributed by atoms with Crippen LogP contribution in [0.3, 0.4) is 0 Å². The second kappa shape index (κ2) is 4.96. The normalized spacial score (nSPS) is 11.1. The second-order valence-corrected chi connectivity index (χ2v) is 4.05. The molecule has 0 bridgehead atoms. The van der Waals surface area contributed by atoms with Crippen molar-refractivity contribution in [3.05, 3.63) is 59.2 Å². The number of hydrogen-bond donors (Lipinski definition) is 0. The van der Waals surface area contributed by atoms with Crippen molar-refractivity contribution in [1.82, 2.24) is 9.78 Å². The summed E-state index contributed by atoms with van der Waals surface area (Å²) in [6.45, 7) is 1.88. The Labute approximate surface area is 105 Å². The van der Waals surface area contributed by atoms with Gasteiger partial charge >= 0.3 is 0 Å². The number of rotatable bonds is 3. The molecule has 18 heavy (non-hydrogen) atoms. The summed E-state index contributed by atoms with van der Waals surface area (Å²) in [6.07, 6.45) is 5.02. The summed E-state index contributed by atoms with van der Waals surface area (Å²) in [6, 6.07) is 5.49. The van der Waals surface area contributed by atoms with Crippen LogP contribution in [-0.4, -0.2) is 15.6 Å². The van der Waals surface area contributed by atoms with Crippen LogP contribution < -0.4 is 0 Å². The first kappa shape index (κ1) is 12.2. The fraction of sp³-hybridized carbons (Fsp3) is 0.143. The summed E-state index contributed by atoms with van der Waals surface area (Å²) in [4.78, 5) is 11.8. The van der Waals surface area contributed by atoms with Crippen LogP contribution in [0.4, 0.5) is 4.39 Å². The number of allylic oxidation sites excluding steroid dienone is 1. The third-order valence-corrected chi connectivity index (χ3v) is 2.59. The Balaban J connectivity index is 2.16. The van der Waals surface area contributed by atoms with Crippen molar-refractivity contribution in [3.8, 4) is 0 Å². The highest BCUT2D eigenvalue weighted by molar-refractivity contribution is 6.06. The molecule has 0 spiro atoms. The summed E-state index contributed by atoms with van der Waals surface area (Å²) in [5, 5.41) is 4.18. The fourth-order valence-electron chi connectivity index (χ4n) is 1.66. The average molecular weight is 244 g/mol. The Morgan fingerprint density at radius 3 is 2.56 bits per heavy atom. The van der Waals surface area contributed by atoms with Crippen LogP contribution >= 0.6 is 0 Å². The van der Waals surface area contributed by atoms with Gasteiger partial charge in [0, 0.05) is 24.4 Å². The number of nitrogens with zero attached hydrogens (tertiary/aromatic N) is 2. The maximum atomic E-state index is 12.7. The molecule has 0 fully saturated rings. The van der Waals surface area contributed by atoms with E-state index < -0.39 is 0 Å². The molecule has 0 saturated heterocycles. The summed E-state index contributed by atoms with van der Waals surface area (Å²) in [5.41, 5.74) is 2.22. The van der Waals surface area contributed by atoms with Gasteiger partial charge in [-0.2, -0.15) is 5.10 Å². The molecule has 0 unspecified atom stereocenters. The van der Waals surface area contributed by atoms with E-state index in [1.165, 1.54) is 30.3 Å². The molecule has 0 saturated carbocycles. The molecule has 0 amide bonds. The summed E-state index contributed by atoms with van der Waals surface area (Å²) in [7, 11) is 1.83. The second-order valence-electron chi connectivity index (χ2n) is 4.05. The molecule has 92 valence electrons. The molecular weight excluding hydrogens is 231 g/mol. The van der Waals surface area contributed by atoms with E-state index >= 15 is 0 Å². The van der Waals surface area contributed by atoms with Crippen LogP contribution in [0.1, 0.15) is 21.6 Å². The van der Waals surface area contributed by atoms with Gasteiger partial charge in [-0.1, -0.05) is 0 Å². The molecule has 2 aromatic rings. The first-order valence-corrected chi connectivity index (χ1v) is 5.54. The van der Waals surface area contributed by atoms with Gasteiger partial charge in [0.2, 0.25) is 0 Å². The van der Waals surface area contributed by atoms with Crippen molar-refractivity contribution >= 4 is 11.9 Å². The van der Waals surface area contributed by atoms with Crippen molar-refractivity contribution < 1.29 is 9.18 Å². The number of aryl methyl sites for hydroxylation is 2. The van der Waals surface area contributed by atoms with Crippen LogP contribution in [0.2, 0.25) is 0 Å².